The van der Waals surface area contributed by atoms with Crippen molar-refractivity contribution < 1.29 is 20.1 Å². The number of rotatable bonds is 4. The van der Waals surface area contributed by atoms with Gasteiger partial charge in [-0.2, -0.15) is 0 Å². The standard InChI is InChI=1S/C6H11NO4/c7-2-1-4(9)6(11)5(10)3-8/h1-2,5-6,8,10-11H,3,7H2. The van der Waals surface area contributed by atoms with Gasteiger partial charge in [-0.15, -0.1) is 0 Å². The molecule has 0 aliphatic rings. The number of hydrogen-bond donors (Lipinski definition) is 4. The van der Waals surface area contributed by atoms with Crippen molar-refractivity contribution in [1.29, 1.82) is 0 Å². The summed E-state index contributed by atoms with van der Waals surface area (Å²) >= 11 is 0. The van der Waals surface area contributed by atoms with Crippen molar-refractivity contribution in [3.63, 3.8) is 0 Å². The van der Waals surface area contributed by atoms with E-state index in [0.29, 0.717) is 0 Å². The van der Waals surface area contributed by atoms with Gasteiger partial charge in [-0.3, -0.25) is 4.79 Å². The zero-order valence-electron chi connectivity index (χ0n) is 5.84. The van der Waals surface area contributed by atoms with E-state index in [1.807, 2.05) is 0 Å². The summed E-state index contributed by atoms with van der Waals surface area (Å²) in [6.45, 7) is -0.661. The van der Waals surface area contributed by atoms with E-state index in [1.165, 1.54) is 0 Å². The normalized spacial score (nSPS) is 16.6. The molecule has 0 aromatic heterocycles. The summed E-state index contributed by atoms with van der Waals surface area (Å²) in [6, 6.07) is 0. The van der Waals surface area contributed by atoms with Crippen LogP contribution in [0.25, 0.3) is 0 Å². The molecular formula is C6H11NO4. The minimum atomic E-state index is -1.60. The largest absolute Gasteiger partial charge is 0.404 e. The molecule has 11 heavy (non-hydrogen) atoms. The van der Waals surface area contributed by atoms with Crippen molar-refractivity contribution in [2.24, 2.45) is 5.73 Å². The van der Waals surface area contributed by atoms with Gasteiger partial charge in [0, 0.05) is 0 Å². The summed E-state index contributed by atoms with van der Waals surface area (Å²) in [4.78, 5) is 10.7. The van der Waals surface area contributed by atoms with Crippen LogP contribution in [-0.2, 0) is 4.79 Å². The van der Waals surface area contributed by atoms with Crippen molar-refractivity contribution in [3.8, 4) is 0 Å². The lowest BCUT2D eigenvalue weighted by molar-refractivity contribution is -0.129. The molecule has 0 fully saturated rings. The number of nitrogens with two attached hydrogens (primary N) is 1. The Hall–Kier alpha value is -0.910. The van der Waals surface area contributed by atoms with Gasteiger partial charge < -0.3 is 21.1 Å². The molecule has 5 heteroatoms. The Kier molecular flexibility index (Phi) is 4.44. The first-order valence-electron chi connectivity index (χ1n) is 3.02. The van der Waals surface area contributed by atoms with Gasteiger partial charge in [-0.25, -0.2) is 0 Å². The third-order valence-corrected chi connectivity index (χ3v) is 1.10. The Morgan fingerprint density at radius 3 is 2.45 bits per heavy atom. The number of hydrogen-bond acceptors (Lipinski definition) is 5. The monoisotopic (exact) mass is 161 g/mol. The van der Waals surface area contributed by atoms with Crippen LogP contribution >= 0.6 is 0 Å². The van der Waals surface area contributed by atoms with Crippen LogP contribution in [0.15, 0.2) is 12.3 Å². The second-order valence-corrected chi connectivity index (χ2v) is 1.96. The van der Waals surface area contributed by atoms with Gasteiger partial charge in [0.05, 0.1) is 6.61 Å². The summed E-state index contributed by atoms with van der Waals surface area (Å²) in [5, 5.41) is 25.9. The Bertz CT molecular complexity index is 157. The number of carbonyl (C=O) groups is 1. The molecule has 0 aromatic carbocycles. The fraction of sp³-hybridized carbons (Fsp3) is 0.500. The van der Waals surface area contributed by atoms with Crippen LogP contribution in [0.5, 0.6) is 0 Å². The topological polar surface area (TPSA) is 104 Å². The number of ketones is 1. The third-order valence-electron chi connectivity index (χ3n) is 1.10. The molecule has 0 aliphatic carbocycles. The molecule has 2 unspecified atom stereocenters. The highest BCUT2D eigenvalue weighted by molar-refractivity contribution is 5.93. The van der Waals surface area contributed by atoms with Gasteiger partial charge in [-0.05, 0) is 12.3 Å². The van der Waals surface area contributed by atoms with Gasteiger partial charge >= 0.3 is 0 Å². The fourth-order valence-corrected chi connectivity index (χ4v) is 0.483. The summed E-state index contributed by atoms with van der Waals surface area (Å²) in [5.41, 5.74) is 4.85. The zero-order valence-corrected chi connectivity index (χ0v) is 5.84. The van der Waals surface area contributed by atoms with E-state index < -0.39 is 24.6 Å². The lowest BCUT2D eigenvalue weighted by atomic mass is 10.1. The number of aliphatic hydroxyl groups excluding tert-OH is 3. The highest BCUT2D eigenvalue weighted by Crippen LogP contribution is 1.94. The predicted molar refractivity (Wildman–Crippen MR) is 37.4 cm³/mol. The first-order chi connectivity index (χ1) is 5.13. The first kappa shape index (κ1) is 10.1. The average molecular weight is 161 g/mol. The van der Waals surface area contributed by atoms with E-state index in [2.05, 4.69) is 0 Å². The molecule has 5 nitrogen and oxygen atoms in total. The molecule has 0 aromatic rings. The third kappa shape index (κ3) is 3.13. The number of carbonyl (C=O) groups excluding carboxylic acids is 1. The van der Waals surface area contributed by atoms with Gasteiger partial charge in [0.15, 0.2) is 5.78 Å². The van der Waals surface area contributed by atoms with Gasteiger partial charge in [0.2, 0.25) is 0 Å². The van der Waals surface area contributed by atoms with Gasteiger partial charge in [0.1, 0.15) is 12.2 Å². The summed E-state index contributed by atoms with van der Waals surface area (Å²) in [7, 11) is 0. The maximum atomic E-state index is 10.7. The maximum Gasteiger partial charge on any atom is 0.188 e. The Labute approximate surface area is 63.8 Å². The van der Waals surface area contributed by atoms with E-state index in [9.17, 15) is 4.79 Å². The SMILES string of the molecule is NC=CC(=O)C(O)C(O)CO. The molecule has 0 radical (unpaired) electrons. The van der Waals surface area contributed by atoms with Crippen LogP contribution in [0.3, 0.4) is 0 Å². The Morgan fingerprint density at radius 1 is 1.55 bits per heavy atom. The molecule has 5 N–H and O–H groups in total. The minimum absolute atomic E-state index is 0.661. The molecular weight excluding hydrogens is 150 g/mol. The molecule has 0 aliphatic heterocycles. The van der Waals surface area contributed by atoms with Crippen molar-refractivity contribution >= 4 is 5.78 Å². The van der Waals surface area contributed by atoms with Crippen molar-refractivity contribution in [1.82, 2.24) is 0 Å². The van der Waals surface area contributed by atoms with Crippen molar-refractivity contribution in [3.05, 3.63) is 12.3 Å². The predicted octanol–water partition coefficient (Wildman–Crippen LogP) is -2.26. The zero-order chi connectivity index (χ0) is 8.85. The fourth-order valence-electron chi connectivity index (χ4n) is 0.483. The molecule has 0 rings (SSSR count). The summed E-state index contributed by atoms with van der Waals surface area (Å²) < 4.78 is 0. The maximum absolute atomic E-state index is 10.7. The molecule has 0 bridgehead atoms. The average Bonchev–Trinajstić information content (AvgIpc) is 2.02. The molecule has 2 atom stereocenters. The second kappa shape index (κ2) is 4.84. The molecule has 64 valence electrons. The molecule has 0 spiro atoms. The van der Waals surface area contributed by atoms with Crippen LogP contribution in [0.2, 0.25) is 0 Å². The van der Waals surface area contributed by atoms with E-state index >= 15 is 0 Å². The Morgan fingerprint density at radius 2 is 2.09 bits per heavy atom. The molecule has 0 heterocycles. The van der Waals surface area contributed by atoms with Crippen molar-refractivity contribution in [2.75, 3.05) is 6.61 Å². The second-order valence-electron chi connectivity index (χ2n) is 1.96. The van der Waals surface area contributed by atoms with E-state index in [0.717, 1.165) is 12.3 Å². The van der Waals surface area contributed by atoms with E-state index in [1.54, 1.807) is 0 Å². The Balaban J connectivity index is 4.01. The lowest BCUT2D eigenvalue weighted by Gasteiger charge is -2.11. The van der Waals surface area contributed by atoms with E-state index in [-0.39, 0.29) is 0 Å². The lowest BCUT2D eigenvalue weighted by Crippen LogP contribution is -2.35. The van der Waals surface area contributed by atoms with Crippen LogP contribution < -0.4 is 5.73 Å². The van der Waals surface area contributed by atoms with E-state index in [4.69, 9.17) is 21.1 Å². The van der Waals surface area contributed by atoms with Gasteiger partial charge in [-0.1, -0.05) is 0 Å². The van der Waals surface area contributed by atoms with Crippen molar-refractivity contribution in [2.45, 2.75) is 12.2 Å². The molecule has 0 saturated heterocycles. The highest BCUT2D eigenvalue weighted by atomic mass is 16.4. The first-order valence-corrected chi connectivity index (χ1v) is 3.02. The molecule has 0 amide bonds. The summed E-state index contributed by atoms with van der Waals surface area (Å²) in [5.74, 6) is -0.728. The minimum Gasteiger partial charge on any atom is -0.404 e. The van der Waals surface area contributed by atoms with Crippen LogP contribution in [-0.4, -0.2) is 39.9 Å². The van der Waals surface area contributed by atoms with Gasteiger partial charge in [0.25, 0.3) is 0 Å². The highest BCUT2D eigenvalue weighted by Gasteiger charge is 2.20. The van der Waals surface area contributed by atoms with Crippen LogP contribution in [0.4, 0.5) is 0 Å². The quantitative estimate of drug-likeness (QED) is 0.348. The number of aliphatic hydroxyl groups is 3. The molecule has 0 saturated carbocycles. The van der Waals surface area contributed by atoms with Crippen LogP contribution in [0, 0.1) is 0 Å². The smallest absolute Gasteiger partial charge is 0.188 e. The summed E-state index contributed by atoms with van der Waals surface area (Å²) in [6.07, 6.45) is -1.17. The van der Waals surface area contributed by atoms with Crippen LogP contribution in [0.1, 0.15) is 0 Å².